The maximum Gasteiger partial charge on any atom is 0.415 e. The number of aromatic nitrogens is 1. The molecule has 2 aliphatic carbocycles. The van der Waals surface area contributed by atoms with Gasteiger partial charge in [-0.1, -0.05) is 30.9 Å². The highest BCUT2D eigenvalue weighted by Gasteiger charge is 2.32. The molecule has 190 valence electrons. The van der Waals surface area contributed by atoms with Gasteiger partial charge in [0.05, 0.1) is 40.8 Å². The molecular formula is C27H37ClN4O3. The number of hydrogen-bond donors (Lipinski definition) is 1. The third-order valence-corrected chi connectivity index (χ3v) is 7.66. The lowest BCUT2D eigenvalue weighted by molar-refractivity contribution is -0.0482. The molecular weight excluding hydrogens is 464 g/mol. The number of carbonyl (C=O) groups is 1. The van der Waals surface area contributed by atoms with Gasteiger partial charge in [-0.15, -0.1) is 0 Å². The Balaban J connectivity index is 1.42. The van der Waals surface area contributed by atoms with Crippen LogP contribution in [0.1, 0.15) is 84.1 Å². The molecule has 1 aromatic heterocycles. The molecule has 35 heavy (non-hydrogen) atoms. The van der Waals surface area contributed by atoms with E-state index in [-0.39, 0.29) is 6.09 Å². The predicted octanol–water partition coefficient (Wildman–Crippen LogP) is 5.66. The molecule has 0 unspecified atom stereocenters. The fourth-order valence-electron chi connectivity index (χ4n) is 5.75. The number of nitrogens with one attached hydrogen (secondary N) is 1. The number of aromatic amines is 1. The van der Waals surface area contributed by atoms with E-state index in [1.54, 1.807) is 4.90 Å². The zero-order chi connectivity index (χ0) is 24.6. The van der Waals surface area contributed by atoms with Crippen LogP contribution >= 0.6 is 11.6 Å². The van der Waals surface area contributed by atoms with Gasteiger partial charge in [-0.2, -0.15) is 10.2 Å². The lowest BCUT2D eigenvalue weighted by atomic mass is 9.84. The molecule has 7 nitrogen and oxygen atoms in total. The summed E-state index contributed by atoms with van der Waals surface area (Å²) in [6.07, 6.45) is 14.7. The van der Waals surface area contributed by atoms with Crippen LogP contribution in [0, 0.1) is 5.92 Å². The number of halogens is 1. The van der Waals surface area contributed by atoms with Gasteiger partial charge in [0.25, 0.3) is 0 Å². The number of allylic oxidation sites excluding steroid dienone is 1. The minimum Gasteiger partial charge on any atom is -0.443 e. The second kappa shape index (κ2) is 10.1. The Kier molecular flexibility index (Phi) is 7.09. The van der Waals surface area contributed by atoms with Gasteiger partial charge in [0.2, 0.25) is 0 Å². The molecule has 1 N–H and O–H groups in total. The Labute approximate surface area is 212 Å². The molecule has 4 aliphatic rings. The van der Waals surface area contributed by atoms with Crippen LogP contribution in [-0.4, -0.2) is 35.4 Å². The zero-order valence-corrected chi connectivity index (χ0v) is 21.9. The van der Waals surface area contributed by atoms with Crippen LogP contribution in [0.4, 0.5) is 10.5 Å². The summed E-state index contributed by atoms with van der Waals surface area (Å²) in [6.45, 7) is 6.39. The zero-order valence-electron chi connectivity index (χ0n) is 21.1. The first-order valence-corrected chi connectivity index (χ1v) is 13.5. The SMILES string of the molecule is CC(C)(C)OC(=O)N1CC=C(Cl)C=c2[nH]c3c(c21)CN=NC=3C1CCC(OC2CCCCC2)CC1. The van der Waals surface area contributed by atoms with E-state index in [1.807, 2.05) is 32.9 Å². The van der Waals surface area contributed by atoms with Crippen molar-refractivity contribution < 1.29 is 14.3 Å². The van der Waals surface area contributed by atoms with Crippen LogP contribution in [-0.2, 0) is 16.0 Å². The molecule has 0 spiro atoms. The molecule has 0 aromatic carbocycles. The van der Waals surface area contributed by atoms with Gasteiger partial charge in [-0.25, -0.2) is 4.79 Å². The number of ether oxygens (including phenoxy) is 2. The minimum atomic E-state index is -0.591. The summed E-state index contributed by atoms with van der Waals surface area (Å²) in [5.41, 5.74) is 2.19. The van der Waals surface area contributed by atoms with Gasteiger partial charge in [0.15, 0.2) is 0 Å². The fraction of sp³-hybridized carbons (Fsp3) is 0.667. The first-order valence-electron chi connectivity index (χ1n) is 13.1. The van der Waals surface area contributed by atoms with Gasteiger partial charge < -0.3 is 14.5 Å². The Hall–Kier alpha value is -2.12. The van der Waals surface area contributed by atoms with Crippen LogP contribution < -0.4 is 15.6 Å². The molecule has 0 radical (unpaired) electrons. The summed E-state index contributed by atoms with van der Waals surface area (Å²) in [6, 6.07) is 0. The van der Waals surface area contributed by atoms with E-state index in [2.05, 4.69) is 15.2 Å². The number of carbonyl (C=O) groups excluding carboxylic acids is 1. The van der Waals surface area contributed by atoms with E-state index >= 15 is 0 Å². The van der Waals surface area contributed by atoms with E-state index in [9.17, 15) is 4.79 Å². The van der Waals surface area contributed by atoms with E-state index in [0.717, 1.165) is 53.3 Å². The van der Waals surface area contributed by atoms with E-state index in [1.165, 1.54) is 32.1 Å². The average molecular weight is 501 g/mol. The highest BCUT2D eigenvalue weighted by atomic mass is 35.5. The van der Waals surface area contributed by atoms with Crippen LogP contribution in [0.15, 0.2) is 21.3 Å². The maximum atomic E-state index is 13.1. The number of nitrogens with zero attached hydrogens (tertiary/aromatic N) is 3. The molecule has 1 aromatic rings. The van der Waals surface area contributed by atoms with Crippen LogP contribution in [0.25, 0.3) is 11.8 Å². The lowest BCUT2D eigenvalue weighted by Crippen LogP contribution is -2.39. The average Bonchev–Trinajstić information content (AvgIpc) is 3.08. The van der Waals surface area contributed by atoms with Crippen molar-refractivity contribution >= 4 is 35.2 Å². The molecule has 2 saturated carbocycles. The maximum absolute atomic E-state index is 13.1. The van der Waals surface area contributed by atoms with Crippen LogP contribution in [0.3, 0.4) is 0 Å². The van der Waals surface area contributed by atoms with Crippen LogP contribution in [0.5, 0.6) is 0 Å². The Morgan fingerprint density at radius 2 is 1.80 bits per heavy atom. The van der Waals surface area contributed by atoms with Crippen molar-refractivity contribution in [3.05, 3.63) is 27.4 Å². The monoisotopic (exact) mass is 500 g/mol. The summed E-state index contributed by atoms with van der Waals surface area (Å²) >= 11 is 6.44. The van der Waals surface area contributed by atoms with Crippen molar-refractivity contribution in [1.29, 1.82) is 0 Å². The van der Waals surface area contributed by atoms with Crippen molar-refractivity contribution in [1.82, 2.24) is 4.98 Å². The van der Waals surface area contributed by atoms with Gasteiger partial charge in [0.1, 0.15) is 5.60 Å². The minimum absolute atomic E-state index is 0.326. The number of azo groups is 1. The number of fused-ring (bicyclic) bond motifs is 3. The molecule has 2 aliphatic heterocycles. The van der Waals surface area contributed by atoms with Crippen molar-refractivity contribution in [3.8, 4) is 0 Å². The van der Waals surface area contributed by atoms with Gasteiger partial charge in [-0.3, -0.25) is 4.90 Å². The summed E-state index contributed by atoms with van der Waals surface area (Å²) < 4.78 is 12.2. The summed E-state index contributed by atoms with van der Waals surface area (Å²) in [5.74, 6) is 0.326. The molecule has 5 rings (SSSR count). The summed E-state index contributed by atoms with van der Waals surface area (Å²) in [4.78, 5) is 18.3. The topological polar surface area (TPSA) is 79.3 Å². The van der Waals surface area contributed by atoms with E-state index < -0.39 is 5.60 Å². The number of amides is 1. The van der Waals surface area contributed by atoms with Crippen LogP contribution in [0.2, 0.25) is 0 Å². The number of rotatable bonds is 3. The number of anilines is 1. The van der Waals surface area contributed by atoms with Gasteiger partial charge >= 0.3 is 6.09 Å². The molecule has 3 heterocycles. The molecule has 0 bridgehead atoms. The second-order valence-corrected chi connectivity index (χ2v) is 11.7. The predicted molar refractivity (Wildman–Crippen MR) is 138 cm³/mol. The van der Waals surface area contributed by atoms with E-state index in [0.29, 0.717) is 36.2 Å². The normalized spacial score (nSPS) is 25.3. The fourth-order valence-corrected chi connectivity index (χ4v) is 5.93. The Morgan fingerprint density at radius 3 is 2.51 bits per heavy atom. The third kappa shape index (κ3) is 5.51. The van der Waals surface area contributed by atoms with Crippen molar-refractivity contribution in [2.24, 2.45) is 16.1 Å². The smallest absolute Gasteiger partial charge is 0.415 e. The molecule has 0 atom stereocenters. The molecule has 2 fully saturated rings. The summed E-state index contributed by atoms with van der Waals surface area (Å²) in [7, 11) is 0. The van der Waals surface area contributed by atoms with Gasteiger partial charge in [0, 0.05) is 23.1 Å². The van der Waals surface area contributed by atoms with E-state index in [4.69, 9.17) is 21.1 Å². The Morgan fingerprint density at radius 1 is 1.09 bits per heavy atom. The Bertz CT molecular complexity index is 1130. The first kappa shape index (κ1) is 24.6. The van der Waals surface area contributed by atoms with Gasteiger partial charge in [-0.05, 0) is 71.4 Å². The highest BCUT2D eigenvalue weighted by Crippen LogP contribution is 2.36. The third-order valence-electron chi connectivity index (χ3n) is 7.40. The van der Waals surface area contributed by atoms with Crippen molar-refractivity contribution in [2.45, 2.75) is 103 Å². The molecule has 0 saturated heterocycles. The number of H-pyrrole nitrogens is 1. The second-order valence-electron chi connectivity index (χ2n) is 11.2. The lowest BCUT2D eigenvalue weighted by Gasteiger charge is -2.33. The van der Waals surface area contributed by atoms with Crippen molar-refractivity contribution in [3.63, 3.8) is 0 Å². The number of hydrogen-bond acceptors (Lipinski definition) is 5. The standard InChI is InChI=1S/C27H37ClN4O3/c1-27(2,3)35-26(33)32-14-13-18(28)15-22-25(32)21-16-29-31-23(24(21)30-22)17-9-11-20(12-10-17)34-19-7-5-4-6-8-19/h13,15,17,19-20,30H,4-12,14,16H2,1-3H3. The highest BCUT2D eigenvalue weighted by molar-refractivity contribution is 6.34. The first-order chi connectivity index (χ1) is 16.8. The summed E-state index contributed by atoms with van der Waals surface area (Å²) in [5, 5.41) is 11.5. The largest absolute Gasteiger partial charge is 0.443 e. The molecule has 8 heteroatoms. The van der Waals surface area contributed by atoms with Crippen molar-refractivity contribution in [2.75, 3.05) is 11.4 Å². The quantitative estimate of drug-likeness (QED) is 0.582. The molecule has 1 amide bonds.